The summed E-state index contributed by atoms with van der Waals surface area (Å²) in [5, 5.41) is 18.6. The third-order valence-corrected chi connectivity index (χ3v) is 1.14. The summed E-state index contributed by atoms with van der Waals surface area (Å²) in [6.45, 7) is 0. The molecule has 0 radical (unpaired) electrons. The molecule has 0 bridgehead atoms. The molecule has 1 aromatic carbocycles. The predicted molar refractivity (Wildman–Crippen MR) is 35.8 cm³/mol. The number of aromatic hydroxyl groups is 1. The van der Waals surface area contributed by atoms with Gasteiger partial charge in [0.25, 0.3) is 5.69 Å². The second kappa shape index (κ2) is 4.88. The van der Waals surface area contributed by atoms with Crippen molar-refractivity contribution < 1.29 is 67.2 Å². The van der Waals surface area contributed by atoms with Crippen molar-refractivity contribution in [3.63, 3.8) is 0 Å². The topological polar surface area (TPSA) is 63.4 Å². The molecule has 0 unspecified atom stereocenters. The number of nitro benzene ring substituents is 1. The molecule has 0 spiro atoms. The van der Waals surface area contributed by atoms with Crippen molar-refractivity contribution >= 4 is 5.69 Å². The van der Waals surface area contributed by atoms with Crippen molar-refractivity contribution in [2.75, 3.05) is 0 Å². The summed E-state index contributed by atoms with van der Waals surface area (Å²) in [5.41, 5.74) is -0.375. The van der Waals surface area contributed by atoms with E-state index in [4.69, 9.17) is 5.11 Å². The van der Waals surface area contributed by atoms with E-state index >= 15 is 0 Å². The largest absolute Gasteiger partial charge is 1.00 e. The van der Waals surface area contributed by atoms with E-state index in [0.29, 0.717) is 6.07 Å². The first-order valence-electron chi connectivity index (χ1n) is 2.74. The molecule has 0 saturated heterocycles. The van der Waals surface area contributed by atoms with E-state index in [0.717, 1.165) is 12.1 Å². The Kier molecular flexibility index (Phi) is 4.87. The van der Waals surface area contributed by atoms with Gasteiger partial charge >= 0.3 is 51.4 Å². The first-order chi connectivity index (χ1) is 5.11. The van der Waals surface area contributed by atoms with Crippen molar-refractivity contribution in [2.24, 2.45) is 0 Å². The van der Waals surface area contributed by atoms with Gasteiger partial charge in [-0.25, -0.2) is 4.39 Å². The molecule has 0 fully saturated rings. The molecule has 60 valence electrons. The van der Waals surface area contributed by atoms with Gasteiger partial charge in [0.1, 0.15) is 0 Å². The summed E-state index contributed by atoms with van der Waals surface area (Å²) in [5.74, 6) is -1.57. The van der Waals surface area contributed by atoms with Gasteiger partial charge in [0.2, 0.25) is 0 Å². The molecule has 6 heteroatoms. The van der Waals surface area contributed by atoms with E-state index in [2.05, 4.69) is 0 Å². The Hall–Kier alpha value is -0.0136. The van der Waals surface area contributed by atoms with E-state index in [-0.39, 0.29) is 58.5 Å². The zero-order valence-electron chi connectivity index (χ0n) is 7.32. The van der Waals surface area contributed by atoms with Gasteiger partial charge in [-0.05, 0) is 6.07 Å². The standard InChI is InChI=1S/C6H4FNO3.K.H/c7-5-3-4(8(10)11)1-2-6(5)9;;/h1-3,9H;;/q;+1;-1. The second-order valence-corrected chi connectivity index (χ2v) is 1.89. The van der Waals surface area contributed by atoms with Gasteiger partial charge in [-0.3, -0.25) is 10.1 Å². The van der Waals surface area contributed by atoms with Crippen LogP contribution in [0.2, 0.25) is 0 Å². The van der Waals surface area contributed by atoms with Crippen LogP contribution in [-0.2, 0) is 0 Å². The van der Waals surface area contributed by atoms with E-state index < -0.39 is 16.5 Å². The number of hydrogen-bond donors (Lipinski definition) is 1. The van der Waals surface area contributed by atoms with Gasteiger partial charge in [0.05, 0.1) is 11.0 Å². The number of benzene rings is 1. The molecule has 0 atom stereocenters. The van der Waals surface area contributed by atoms with Crippen LogP contribution in [0.15, 0.2) is 18.2 Å². The van der Waals surface area contributed by atoms with Gasteiger partial charge in [0, 0.05) is 6.07 Å². The van der Waals surface area contributed by atoms with Gasteiger partial charge in [-0.15, -0.1) is 0 Å². The Bertz CT molecular complexity index is 310. The number of hydrogen-bond acceptors (Lipinski definition) is 3. The number of nitro groups is 1. The van der Waals surface area contributed by atoms with E-state index in [9.17, 15) is 14.5 Å². The van der Waals surface area contributed by atoms with E-state index in [1.807, 2.05) is 0 Å². The molecule has 1 aromatic rings. The van der Waals surface area contributed by atoms with Crippen molar-refractivity contribution in [1.82, 2.24) is 0 Å². The summed E-state index contributed by atoms with van der Waals surface area (Å²) >= 11 is 0. The van der Waals surface area contributed by atoms with Crippen molar-refractivity contribution in [2.45, 2.75) is 0 Å². The maximum Gasteiger partial charge on any atom is 1.00 e. The van der Waals surface area contributed by atoms with Crippen LogP contribution in [0.5, 0.6) is 5.75 Å². The Balaban J connectivity index is 0. The third kappa shape index (κ3) is 2.79. The minimum Gasteiger partial charge on any atom is -1.00 e. The van der Waals surface area contributed by atoms with Gasteiger partial charge in [-0.1, -0.05) is 0 Å². The molecule has 0 aliphatic carbocycles. The second-order valence-electron chi connectivity index (χ2n) is 1.89. The third-order valence-electron chi connectivity index (χ3n) is 1.14. The van der Waals surface area contributed by atoms with Crippen LogP contribution in [0.1, 0.15) is 1.43 Å². The van der Waals surface area contributed by atoms with Crippen LogP contribution in [0.25, 0.3) is 0 Å². The van der Waals surface area contributed by atoms with Gasteiger partial charge in [-0.2, -0.15) is 0 Å². The van der Waals surface area contributed by atoms with E-state index in [1.165, 1.54) is 0 Å². The maximum atomic E-state index is 12.4. The molecule has 0 saturated carbocycles. The van der Waals surface area contributed by atoms with Crippen LogP contribution in [0.4, 0.5) is 10.1 Å². The smallest absolute Gasteiger partial charge is 1.00 e. The molecule has 1 rings (SSSR count). The van der Waals surface area contributed by atoms with Gasteiger partial charge < -0.3 is 6.53 Å². The Morgan fingerprint density at radius 2 is 2.17 bits per heavy atom. The minimum atomic E-state index is -0.987. The average Bonchev–Trinajstić information content (AvgIpc) is 1.94. The monoisotopic (exact) mass is 197 g/mol. The summed E-state index contributed by atoms with van der Waals surface area (Å²) in [4.78, 5) is 9.29. The molecule has 1 N–H and O–H groups in total. The Morgan fingerprint density at radius 1 is 1.58 bits per heavy atom. The summed E-state index contributed by atoms with van der Waals surface area (Å²) in [6, 6.07) is 2.63. The van der Waals surface area contributed by atoms with Crippen LogP contribution < -0.4 is 51.4 Å². The molecular formula is C6H5FKNO3. The molecule has 0 heterocycles. The fraction of sp³-hybridized carbons (Fsp3) is 0. The fourth-order valence-corrected chi connectivity index (χ4v) is 0.609. The van der Waals surface area contributed by atoms with Crippen LogP contribution in [0, 0.1) is 15.9 Å². The first-order valence-corrected chi connectivity index (χ1v) is 2.74. The van der Waals surface area contributed by atoms with Gasteiger partial charge in [0.15, 0.2) is 11.6 Å². The number of rotatable bonds is 1. The molecule has 0 aliphatic rings. The Labute approximate surface area is 111 Å². The quantitative estimate of drug-likeness (QED) is 0.340. The van der Waals surface area contributed by atoms with E-state index in [1.54, 1.807) is 0 Å². The number of nitrogens with zero attached hydrogens (tertiary/aromatic N) is 1. The summed E-state index contributed by atoms with van der Waals surface area (Å²) < 4.78 is 12.4. The molecule has 12 heavy (non-hydrogen) atoms. The minimum absolute atomic E-state index is 0. The number of phenols is 1. The van der Waals surface area contributed by atoms with Crippen molar-refractivity contribution in [3.05, 3.63) is 34.1 Å². The number of non-ortho nitro benzene ring substituents is 1. The molecular weight excluding hydrogens is 192 g/mol. The zero-order valence-corrected chi connectivity index (χ0v) is 9.44. The summed E-state index contributed by atoms with van der Waals surface area (Å²) in [7, 11) is 0. The van der Waals surface area contributed by atoms with Crippen molar-refractivity contribution in [1.29, 1.82) is 0 Å². The molecule has 0 aliphatic heterocycles. The normalized spacial score (nSPS) is 8.75. The average molecular weight is 197 g/mol. The predicted octanol–water partition coefficient (Wildman–Crippen LogP) is -1.44. The van der Waals surface area contributed by atoms with Crippen LogP contribution >= 0.6 is 0 Å². The molecule has 4 nitrogen and oxygen atoms in total. The number of phenolic OH excluding ortho intramolecular Hbond substituents is 1. The SMILES string of the molecule is O=[N+]([O-])c1ccc(O)c(F)c1.[H-].[K+]. The maximum absolute atomic E-state index is 12.4. The number of halogens is 1. The molecule has 0 amide bonds. The van der Waals surface area contributed by atoms with Crippen LogP contribution in [0.3, 0.4) is 0 Å². The molecule has 0 aromatic heterocycles. The summed E-state index contributed by atoms with van der Waals surface area (Å²) in [6.07, 6.45) is 0. The zero-order chi connectivity index (χ0) is 8.43. The fourth-order valence-electron chi connectivity index (χ4n) is 0.609. The first kappa shape index (κ1) is 12.0. The Morgan fingerprint density at radius 3 is 2.58 bits per heavy atom. The van der Waals surface area contributed by atoms with Crippen LogP contribution in [-0.4, -0.2) is 10.0 Å². The van der Waals surface area contributed by atoms with Crippen molar-refractivity contribution in [3.8, 4) is 5.75 Å².